The Labute approximate surface area is 110 Å². The maximum atomic E-state index is 3.41. The SMILES string of the molecule is C=C.CC.CC1=C(NC(C)C)CNC1.CCC. The molecule has 1 heterocycles. The molecule has 0 saturated heterocycles. The third-order valence-corrected chi connectivity index (χ3v) is 1.67. The van der Waals surface area contributed by atoms with Gasteiger partial charge in [0.2, 0.25) is 0 Å². The van der Waals surface area contributed by atoms with Crippen molar-refractivity contribution >= 4 is 0 Å². The molecule has 0 saturated carbocycles. The highest BCUT2D eigenvalue weighted by Gasteiger charge is 2.09. The average molecular weight is 242 g/mol. The van der Waals surface area contributed by atoms with E-state index in [1.807, 2.05) is 13.8 Å². The van der Waals surface area contributed by atoms with Gasteiger partial charge in [-0.05, 0) is 26.3 Å². The highest BCUT2D eigenvalue weighted by molar-refractivity contribution is 5.18. The Bertz CT molecular complexity index is 172. The lowest BCUT2D eigenvalue weighted by molar-refractivity contribution is 0.653. The van der Waals surface area contributed by atoms with E-state index in [0.29, 0.717) is 6.04 Å². The van der Waals surface area contributed by atoms with Gasteiger partial charge in [0.25, 0.3) is 0 Å². The minimum absolute atomic E-state index is 0.560. The van der Waals surface area contributed by atoms with Crippen molar-refractivity contribution in [3.05, 3.63) is 24.4 Å². The van der Waals surface area contributed by atoms with Crippen molar-refractivity contribution in [2.24, 2.45) is 0 Å². The summed E-state index contributed by atoms with van der Waals surface area (Å²) in [5, 5.41) is 6.70. The summed E-state index contributed by atoms with van der Waals surface area (Å²) in [7, 11) is 0. The van der Waals surface area contributed by atoms with E-state index in [-0.39, 0.29) is 0 Å². The molecule has 1 rings (SSSR count). The Morgan fingerprint density at radius 1 is 1.18 bits per heavy atom. The van der Waals surface area contributed by atoms with Gasteiger partial charge in [-0.3, -0.25) is 0 Å². The largest absolute Gasteiger partial charge is 0.385 e. The summed E-state index contributed by atoms with van der Waals surface area (Å²) < 4.78 is 0. The summed E-state index contributed by atoms with van der Waals surface area (Å²) in [5.74, 6) is 0. The fraction of sp³-hybridized carbons (Fsp3) is 0.733. The second-order valence-corrected chi connectivity index (χ2v) is 3.87. The van der Waals surface area contributed by atoms with Crippen molar-refractivity contribution in [1.29, 1.82) is 0 Å². The van der Waals surface area contributed by atoms with Crippen molar-refractivity contribution in [1.82, 2.24) is 10.6 Å². The molecule has 104 valence electrons. The van der Waals surface area contributed by atoms with Gasteiger partial charge >= 0.3 is 0 Å². The van der Waals surface area contributed by atoms with E-state index < -0.39 is 0 Å². The number of hydrogen-bond acceptors (Lipinski definition) is 2. The standard InChI is InChI=1S/C8H16N2.C3H8.C2H6.C2H4/c1-6(2)10-8-5-9-4-7(8)3;1-3-2;2*1-2/h6,9-10H,4-5H2,1-3H3;3H2,1-2H3;1-2H3;1-2H2. The second kappa shape index (κ2) is 17.6. The summed E-state index contributed by atoms with van der Waals surface area (Å²) in [6.45, 7) is 22.8. The van der Waals surface area contributed by atoms with Crippen LogP contribution in [0.1, 0.15) is 54.9 Å². The molecule has 0 aromatic heterocycles. The Hall–Kier alpha value is -0.760. The first kappa shape index (κ1) is 21.5. The fourth-order valence-corrected chi connectivity index (χ4v) is 1.16. The molecule has 0 radical (unpaired) electrons. The van der Waals surface area contributed by atoms with Gasteiger partial charge in [0.15, 0.2) is 0 Å². The van der Waals surface area contributed by atoms with Crippen LogP contribution in [0.15, 0.2) is 24.4 Å². The second-order valence-electron chi connectivity index (χ2n) is 3.87. The monoisotopic (exact) mass is 242 g/mol. The molecule has 0 unspecified atom stereocenters. The molecule has 1 aliphatic heterocycles. The normalized spacial score (nSPS) is 12.7. The highest BCUT2D eigenvalue weighted by Crippen LogP contribution is 2.05. The van der Waals surface area contributed by atoms with E-state index in [2.05, 4.69) is 58.4 Å². The van der Waals surface area contributed by atoms with Gasteiger partial charge in [0, 0.05) is 24.8 Å². The molecule has 2 nitrogen and oxygen atoms in total. The van der Waals surface area contributed by atoms with E-state index in [0.717, 1.165) is 13.1 Å². The third kappa shape index (κ3) is 15.2. The molecular formula is C15H34N2. The summed E-state index contributed by atoms with van der Waals surface area (Å²) in [6, 6.07) is 0.560. The summed E-state index contributed by atoms with van der Waals surface area (Å²) in [6.07, 6.45) is 1.25. The Balaban J connectivity index is -0.000000239. The Morgan fingerprint density at radius 3 is 1.82 bits per heavy atom. The van der Waals surface area contributed by atoms with Crippen molar-refractivity contribution in [2.45, 2.75) is 60.9 Å². The Morgan fingerprint density at radius 2 is 1.59 bits per heavy atom. The first-order chi connectivity index (χ1) is 8.11. The number of hydrogen-bond donors (Lipinski definition) is 2. The smallest absolute Gasteiger partial charge is 0.0356 e. The van der Waals surface area contributed by atoms with Crippen molar-refractivity contribution in [3.63, 3.8) is 0 Å². The maximum absolute atomic E-state index is 3.41. The molecule has 17 heavy (non-hydrogen) atoms. The van der Waals surface area contributed by atoms with Crippen LogP contribution >= 0.6 is 0 Å². The highest BCUT2D eigenvalue weighted by atomic mass is 15.0. The lowest BCUT2D eigenvalue weighted by Gasteiger charge is -2.10. The average Bonchev–Trinajstić information content (AvgIpc) is 2.70. The molecular weight excluding hydrogens is 208 g/mol. The molecule has 0 fully saturated rings. The third-order valence-electron chi connectivity index (χ3n) is 1.67. The molecule has 0 amide bonds. The van der Waals surface area contributed by atoms with Gasteiger partial charge in [0.05, 0.1) is 0 Å². The van der Waals surface area contributed by atoms with E-state index in [4.69, 9.17) is 0 Å². The molecule has 0 aromatic rings. The van der Waals surface area contributed by atoms with Gasteiger partial charge in [-0.2, -0.15) is 0 Å². The van der Waals surface area contributed by atoms with Gasteiger partial charge in [-0.15, -0.1) is 13.2 Å². The first-order valence-electron chi connectivity index (χ1n) is 6.77. The summed E-state index contributed by atoms with van der Waals surface area (Å²) >= 11 is 0. The molecule has 0 bridgehead atoms. The van der Waals surface area contributed by atoms with Crippen molar-refractivity contribution in [3.8, 4) is 0 Å². The van der Waals surface area contributed by atoms with Gasteiger partial charge in [-0.25, -0.2) is 0 Å². The molecule has 0 aliphatic carbocycles. The van der Waals surface area contributed by atoms with Crippen LogP contribution in [-0.2, 0) is 0 Å². The number of rotatable bonds is 2. The molecule has 0 aromatic carbocycles. The zero-order chi connectivity index (χ0) is 14.3. The minimum atomic E-state index is 0.560. The van der Waals surface area contributed by atoms with Crippen LogP contribution in [-0.4, -0.2) is 19.1 Å². The lowest BCUT2D eigenvalue weighted by Crippen LogP contribution is -2.25. The van der Waals surface area contributed by atoms with Crippen LogP contribution in [0.2, 0.25) is 0 Å². The molecule has 1 aliphatic rings. The predicted molar refractivity (Wildman–Crippen MR) is 82.4 cm³/mol. The lowest BCUT2D eigenvalue weighted by atomic mass is 10.2. The van der Waals surface area contributed by atoms with Crippen molar-refractivity contribution < 1.29 is 0 Å². The predicted octanol–water partition coefficient (Wildman–Crippen LogP) is 4.11. The molecule has 0 atom stereocenters. The van der Waals surface area contributed by atoms with E-state index in [1.54, 1.807) is 0 Å². The van der Waals surface area contributed by atoms with E-state index >= 15 is 0 Å². The molecule has 2 heteroatoms. The van der Waals surface area contributed by atoms with Crippen LogP contribution < -0.4 is 10.6 Å². The fourth-order valence-electron chi connectivity index (χ4n) is 1.16. The quantitative estimate of drug-likeness (QED) is 0.712. The molecule has 2 N–H and O–H groups in total. The van der Waals surface area contributed by atoms with Gasteiger partial charge in [-0.1, -0.05) is 34.1 Å². The summed E-state index contributed by atoms with van der Waals surface area (Å²) in [4.78, 5) is 0. The maximum Gasteiger partial charge on any atom is 0.0356 e. The van der Waals surface area contributed by atoms with Gasteiger partial charge in [0.1, 0.15) is 0 Å². The number of nitrogens with one attached hydrogen (secondary N) is 2. The van der Waals surface area contributed by atoms with E-state index in [9.17, 15) is 0 Å². The van der Waals surface area contributed by atoms with Crippen LogP contribution in [0.5, 0.6) is 0 Å². The first-order valence-corrected chi connectivity index (χ1v) is 6.77. The van der Waals surface area contributed by atoms with E-state index in [1.165, 1.54) is 17.7 Å². The van der Waals surface area contributed by atoms with Crippen LogP contribution in [0.4, 0.5) is 0 Å². The van der Waals surface area contributed by atoms with Crippen LogP contribution in [0, 0.1) is 0 Å². The van der Waals surface area contributed by atoms with Crippen LogP contribution in [0.3, 0.4) is 0 Å². The molecule has 0 spiro atoms. The van der Waals surface area contributed by atoms with Crippen molar-refractivity contribution in [2.75, 3.05) is 13.1 Å². The van der Waals surface area contributed by atoms with Gasteiger partial charge < -0.3 is 10.6 Å². The zero-order valence-corrected chi connectivity index (χ0v) is 13.1. The minimum Gasteiger partial charge on any atom is -0.385 e. The van der Waals surface area contributed by atoms with Crippen LogP contribution in [0.25, 0.3) is 0 Å². The topological polar surface area (TPSA) is 24.1 Å². The Kier molecular flexibility index (Phi) is 22.3. The zero-order valence-electron chi connectivity index (χ0n) is 13.1. The summed E-state index contributed by atoms with van der Waals surface area (Å²) in [5.41, 5.74) is 2.84.